The minimum atomic E-state index is 1.20. The molecule has 0 aliphatic carbocycles. The van der Waals surface area contributed by atoms with Gasteiger partial charge in [0.2, 0.25) is 0 Å². The molecule has 0 saturated carbocycles. The number of benzene rings is 1. The smallest absolute Gasteiger partial charge is 0.223 e. The largest absolute Gasteiger partial charge is 0.253 e. The number of halogens is 1. The van der Waals surface area contributed by atoms with Crippen LogP contribution in [0, 0.1) is 0 Å². The lowest BCUT2D eigenvalue weighted by atomic mass is 10.2. The highest BCUT2D eigenvalue weighted by molar-refractivity contribution is 9.52. The molecule has 1 aromatic carbocycles. The summed E-state index contributed by atoms with van der Waals surface area (Å²) in [6.45, 7) is 2.39. The molecule has 1 aliphatic rings. The van der Waals surface area contributed by atoms with Gasteiger partial charge in [-0.25, -0.2) is 4.58 Å². The van der Waals surface area contributed by atoms with E-state index in [4.69, 9.17) is 0 Å². The van der Waals surface area contributed by atoms with Crippen molar-refractivity contribution in [3.05, 3.63) is 35.9 Å². The fourth-order valence-corrected chi connectivity index (χ4v) is 3.46. The lowest BCUT2D eigenvalue weighted by Crippen LogP contribution is -2.15. The van der Waals surface area contributed by atoms with E-state index in [1.54, 1.807) is 10.2 Å². The van der Waals surface area contributed by atoms with Crippen molar-refractivity contribution in [2.45, 2.75) is 12.8 Å². The standard InChI is InChI=1S/C11H13BrNS/c12-14-11(13-8-4-5-9-13)10-6-2-1-3-7-10/h1-3,6-7H,4-5,8-9H2/q+1. The fraction of sp³-hybridized carbons (Fsp3) is 0.364. The Bertz CT molecular complexity index is 326. The van der Waals surface area contributed by atoms with Crippen molar-refractivity contribution >= 4 is 30.1 Å². The summed E-state index contributed by atoms with van der Waals surface area (Å²) < 4.78 is 2.45. The zero-order valence-electron chi connectivity index (χ0n) is 7.95. The molecule has 1 nitrogen and oxygen atoms in total. The molecule has 1 fully saturated rings. The summed E-state index contributed by atoms with van der Waals surface area (Å²) in [7, 11) is 1.68. The van der Waals surface area contributed by atoms with Gasteiger partial charge in [0.25, 0.3) is 5.04 Å². The van der Waals surface area contributed by atoms with E-state index in [2.05, 4.69) is 49.7 Å². The van der Waals surface area contributed by atoms with Gasteiger partial charge in [0.05, 0.1) is 5.56 Å². The lowest BCUT2D eigenvalue weighted by molar-refractivity contribution is -0.502. The maximum atomic E-state index is 3.50. The van der Waals surface area contributed by atoms with Crippen molar-refractivity contribution in [2.75, 3.05) is 13.1 Å². The Morgan fingerprint density at radius 3 is 2.36 bits per heavy atom. The van der Waals surface area contributed by atoms with E-state index in [-0.39, 0.29) is 0 Å². The second-order valence-electron chi connectivity index (χ2n) is 3.44. The molecule has 1 aliphatic heterocycles. The Hall–Kier alpha value is -0.280. The van der Waals surface area contributed by atoms with Crippen LogP contribution in [-0.2, 0) is 0 Å². The Morgan fingerprint density at radius 1 is 1.14 bits per heavy atom. The zero-order valence-corrected chi connectivity index (χ0v) is 10.4. The average molecular weight is 271 g/mol. The molecule has 2 rings (SSSR count). The summed E-state index contributed by atoms with van der Waals surface area (Å²) in [5.41, 5.74) is 1.32. The molecule has 1 heterocycles. The first-order valence-electron chi connectivity index (χ1n) is 4.88. The normalized spacial score (nSPS) is 15.9. The molecule has 1 saturated heterocycles. The van der Waals surface area contributed by atoms with Crippen LogP contribution in [0.4, 0.5) is 0 Å². The van der Waals surface area contributed by atoms with E-state index < -0.39 is 0 Å². The van der Waals surface area contributed by atoms with Crippen LogP contribution in [0.25, 0.3) is 0 Å². The van der Waals surface area contributed by atoms with Gasteiger partial charge in [0.15, 0.2) is 0 Å². The predicted octanol–water partition coefficient (Wildman–Crippen LogP) is 3.28. The van der Waals surface area contributed by atoms with E-state index in [1.807, 2.05) is 0 Å². The van der Waals surface area contributed by atoms with Gasteiger partial charge >= 0.3 is 0 Å². The van der Waals surface area contributed by atoms with Gasteiger partial charge in [0.1, 0.15) is 13.1 Å². The zero-order chi connectivity index (χ0) is 9.80. The van der Waals surface area contributed by atoms with Gasteiger partial charge in [-0.2, -0.15) is 0 Å². The summed E-state index contributed by atoms with van der Waals surface area (Å²) in [4.78, 5) is 0. The van der Waals surface area contributed by atoms with Crippen LogP contribution >= 0.6 is 25.0 Å². The highest BCUT2D eigenvalue weighted by Crippen LogP contribution is 2.21. The second kappa shape index (κ2) is 4.99. The molecule has 1 aromatic rings. The molecule has 0 amide bonds. The summed E-state index contributed by atoms with van der Waals surface area (Å²) in [6.07, 6.45) is 2.65. The molecule has 0 aromatic heterocycles. The molecule has 0 unspecified atom stereocenters. The third-order valence-corrected chi connectivity index (χ3v) is 4.05. The van der Waals surface area contributed by atoms with Crippen molar-refractivity contribution in [1.82, 2.24) is 0 Å². The van der Waals surface area contributed by atoms with E-state index in [1.165, 1.54) is 36.5 Å². The van der Waals surface area contributed by atoms with Crippen LogP contribution in [0.2, 0.25) is 0 Å². The van der Waals surface area contributed by atoms with Crippen LogP contribution in [0.3, 0.4) is 0 Å². The SMILES string of the molecule is BrSC(c1ccccc1)=[N+]1CCCC1. The third-order valence-electron chi connectivity index (χ3n) is 2.49. The van der Waals surface area contributed by atoms with Crippen molar-refractivity contribution < 1.29 is 4.58 Å². The maximum Gasteiger partial charge on any atom is 0.253 e. The van der Waals surface area contributed by atoms with Gasteiger partial charge in [-0.15, -0.1) is 0 Å². The summed E-state index contributed by atoms with van der Waals surface area (Å²) >= 11 is 3.50. The van der Waals surface area contributed by atoms with Crippen molar-refractivity contribution in [3.63, 3.8) is 0 Å². The van der Waals surface area contributed by atoms with Crippen LogP contribution in [-0.4, -0.2) is 22.7 Å². The number of nitrogens with zero attached hydrogens (tertiary/aromatic N) is 1. The minimum absolute atomic E-state index is 1.20. The van der Waals surface area contributed by atoms with Crippen LogP contribution in [0.15, 0.2) is 30.3 Å². The van der Waals surface area contributed by atoms with Crippen molar-refractivity contribution in [2.24, 2.45) is 0 Å². The highest BCUT2D eigenvalue weighted by atomic mass is 79.9. The first-order valence-corrected chi connectivity index (χ1v) is 7.53. The molecule has 14 heavy (non-hydrogen) atoms. The molecule has 0 bridgehead atoms. The van der Waals surface area contributed by atoms with Crippen LogP contribution in [0.1, 0.15) is 18.4 Å². The lowest BCUT2D eigenvalue weighted by Gasteiger charge is -2.01. The second-order valence-corrected chi connectivity index (χ2v) is 4.95. The maximum absolute atomic E-state index is 3.50. The molecular formula is C11H13BrNS+. The number of rotatable bonds is 1. The first kappa shape index (κ1) is 10.2. The first-order chi connectivity index (χ1) is 6.92. The third kappa shape index (κ3) is 2.20. The fourth-order valence-electron chi connectivity index (χ4n) is 1.78. The van der Waals surface area contributed by atoms with Gasteiger partial charge in [-0.3, -0.25) is 0 Å². The molecule has 74 valence electrons. The van der Waals surface area contributed by atoms with Crippen LogP contribution in [0.5, 0.6) is 0 Å². The van der Waals surface area contributed by atoms with Gasteiger partial charge in [-0.1, -0.05) is 18.2 Å². The monoisotopic (exact) mass is 270 g/mol. The Labute approximate surface area is 96.4 Å². The summed E-state index contributed by atoms with van der Waals surface area (Å²) in [5, 5.41) is 1.35. The van der Waals surface area contributed by atoms with Crippen LogP contribution < -0.4 is 0 Å². The predicted molar refractivity (Wildman–Crippen MR) is 66.3 cm³/mol. The molecule has 3 heteroatoms. The number of hydrogen-bond donors (Lipinski definition) is 0. The Morgan fingerprint density at radius 2 is 1.79 bits per heavy atom. The molecule has 0 N–H and O–H groups in total. The topological polar surface area (TPSA) is 3.01 Å². The average Bonchev–Trinajstić information content (AvgIpc) is 2.74. The van der Waals surface area contributed by atoms with E-state index in [9.17, 15) is 0 Å². The quantitative estimate of drug-likeness (QED) is 0.559. The summed E-state index contributed by atoms with van der Waals surface area (Å²) in [6, 6.07) is 10.6. The molecule has 0 atom stereocenters. The highest BCUT2D eigenvalue weighted by Gasteiger charge is 2.20. The van der Waals surface area contributed by atoms with E-state index >= 15 is 0 Å². The molecular weight excluding hydrogens is 258 g/mol. The van der Waals surface area contributed by atoms with E-state index in [0.717, 1.165) is 0 Å². The minimum Gasteiger partial charge on any atom is -0.223 e. The molecule has 0 radical (unpaired) electrons. The van der Waals surface area contributed by atoms with Crippen molar-refractivity contribution in [1.29, 1.82) is 0 Å². The summed E-state index contributed by atoms with van der Waals surface area (Å²) in [5.74, 6) is 0. The van der Waals surface area contributed by atoms with Gasteiger partial charge < -0.3 is 0 Å². The Kier molecular flexibility index (Phi) is 3.65. The van der Waals surface area contributed by atoms with E-state index in [0.29, 0.717) is 0 Å². The molecule has 0 spiro atoms. The van der Waals surface area contributed by atoms with Gasteiger partial charge in [-0.05, 0) is 12.1 Å². The Balaban J connectivity index is 2.34. The van der Waals surface area contributed by atoms with Crippen molar-refractivity contribution in [3.8, 4) is 0 Å². The van der Waals surface area contributed by atoms with Gasteiger partial charge in [0, 0.05) is 37.8 Å². The number of hydrogen-bond acceptors (Lipinski definition) is 1.